The molecule has 1 aromatic heterocycles. The van der Waals surface area contributed by atoms with E-state index in [0.717, 1.165) is 21.9 Å². The number of carbonyl (C=O) groups is 3. The summed E-state index contributed by atoms with van der Waals surface area (Å²) >= 11 is 6.47. The molecule has 2 fully saturated rings. The van der Waals surface area contributed by atoms with E-state index in [0.29, 0.717) is 6.07 Å². The number of hydrogen-bond acceptors (Lipinski definition) is 7. The fourth-order valence-corrected chi connectivity index (χ4v) is 6.18. The Labute approximate surface area is 260 Å². The van der Waals surface area contributed by atoms with Crippen molar-refractivity contribution >= 4 is 50.9 Å². The van der Waals surface area contributed by atoms with Gasteiger partial charge in [0.05, 0.1) is 16.5 Å². The van der Waals surface area contributed by atoms with Crippen LogP contribution in [0.15, 0.2) is 65.7 Å². The van der Waals surface area contributed by atoms with Gasteiger partial charge in [-0.15, -0.1) is 0 Å². The fourth-order valence-electron chi connectivity index (χ4n) is 5.38. The molecule has 2 aliphatic rings. The Morgan fingerprint density at radius 2 is 1.89 bits per heavy atom. The van der Waals surface area contributed by atoms with E-state index in [9.17, 15) is 41.2 Å². The molecule has 2 heterocycles. The van der Waals surface area contributed by atoms with Crippen LogP contribution >= 0.6 is 11.6 Å². The molecule has 45 heavy (non-hydrogen) atoms. The lowest BCUT2D eigenvalue weighted by Gasteiger charge is -2.39. The second-order valence-corrected chi connectivity index (χ2v) is 12.6. The second kappa shape index (κ2) is 12.1. The van der Waals surface area contributed by atoms with Gasteiger partial charge in [0.25, 0.3) is 11.8 Å². The zero-order valence-electron chi connectivity index (χ0n) is 23.2. The molecule has 0 bridgehead atoms. The number of primary sulfonamides is 1. The highest BCUT2D eigenvalue weighted by Gasteiger charge is 2.48. The van der Waals surface area contributed by atoms with Crippen molar-refractivity contribution in [1.29, 1.82) is 5.26 Å². The van der Waals surface area contributed by atoms with Gasteiger partial charge in [-0.05, 0) is 42.8 Å². The van der Waals surface area contributed by atoms with Gasteiger partial charge < -0.3 is 5.32 Å². The van der Waals surface area contributed by atoms with E-state index in [-0.39, 0.29) is 34.8 Å². The lowest BCUT2D eigenvalue weighted by Crippen LogP contribution is -2.56. The fraction of sp³-hybridized carbons (Fsp3) is 0.276. The molecule has 0 radical (unpaired) electrons. The summed E-state index contributed by atoms with van der Waals surface area (Å²) in [6, 6.07) is 8.58. The van der Waals surface area contributed by atoms with Gasteiger partial charge in [-0.25, -0.2) is 31.7 Å². The van der Waals surface area contributed by atoms with Crippen LogP contribution in [0.4, 0.5) is 24.7 Å². The lowest BCUT2D eigenvalue weighted by molar-refractivity contribution is -0.133. The number of halogens is 4. The van der Waals surface area contributed by atoms with Crippen LogP contribution in [0.25, 0.3) is 0 Å². The van der Waals surface area contributed by atoms with Crippen LogP contribution in [-0.2, 0) is 24.4 Å². The average Bonchev–Trinajstić information content (AvgIpc) is 3.35. The average molecular weight is 661 g/mol. The van der Waals surface area contributed by atoms with E-state index in [4.69, 9.17) is 16.7 Å². The number of carbonyl (C=O) groups excluding carboxylic acids is 3. The first-order valence-corrected chi connectivity index (χ1v) is 15.4. The molecule has 2 aromatic carbocycles. The molecule has 2 unspecified atom stereocenters. The highest BCUT2D eigenvalue weighted by Crippen LogP contribution is 2.40. The third kappa shape index (κ3) is 6.63. The number of alkyl halides is 2. The van der Waals surface area contributed by atoms with Crippen molar-refractivity contribution in [3.05, 3.63) is 82.8 Å². The van der Waals surface area contributed by atoms with Crippen molar-refractivity contribution in [2.75, 3.05) is 9.80 Å². The van der Waals surface area contributed by atoms with Crippen LogP contribution in [0, 0.1) is 17.1 Å². The molecule has 3 N–H and O–H groups in total. The van der Waals surface area contributed by atoms with Crippen molar-refractivity contribution in [2.45, 2.75) is 54.6 Å². The van der Waals surface area contributed by atoms with E-state index in [1.807, 2.05) is 6.07 Å². The summed E-state index contributed by atoms with van der Waals surface area (Å²) in [4.78, 5) is 46.8. The van der Waals surface area contributed by atoms with E-state index in [1.165, 1.54) is 42.6 Å². The molecular weight excluding hydrogens is 637 g/mol. The summed E-state index contributed by atoms with van der Waals surface area (Å²) in [5, 5.41) is 17.1. The Morgan fingerprint density at radius 1 is 1.18 bits per heavy atom. The van der Waals surface area contributed by atoms with Gasteiger partial charge in [0.1, 0.15) is 23.7 Å². The summed E-state index contributed by atoms with van der Waals surface area (Å²) in [6.07, 6.45) is -0.311. The van der Waals surface area contributed by atoms with E-state index < -0.39 is 81.0 Å². The number of anilines is 2. The van der Waals surface area contributed by atoms with Crippen molar-refractivity contribution in [2.24, 2.45) is 5.14 Å². The van der Waals surface area contributed by atoms with Crippen LogP contribution in [0.2, 0.25) is 5.02 Å². The quantitative estimate of drug-likeness (QED) is 0.373. The molecule has 2 atom stereocenters. The molecule has 5 rings (SSSR count). The summed E-state index contributed by atoms with van der Waals surface area (Å²) < 4.78 is 66.8. The molecular formula is C29H24ClF3N6O5S. The van der Waals surface area contributed by atoms with Gasteiger partial charge in [0, 0.05) is 47.8 Å². The molecule has 3 amide bonds. The first-order valence-electron chi connectivity index (χ1n) is 13.5. The Balaban J connectivity index is 1.69. The third-order valence-electron chi connectivity index (χ3n) is 7.46. The monoisotopic (exact) mass is 660 g/mol. The van der Waals surface area contributed by atoms with Crippen LogP contribution in [-0.4, -0.2) is 49.1 Å². The Morgan fingerprint density at radius 3 is 2.53 bits per heavy atom. The molecule has 234 valence electrons. The van der Waals surface area contributed by atoms with E-state index in [1.54, 1.807) is 0 Å². The van der Waals surface area contributed by atoms with Crippen molar-refractivity contribution in [3.63, 3.8) is 0 Å². The second-order valence-electron chi connectivity index (χ2n) is 10.6. The number of rotatable bonds is 8. The maximum atomic E-state index is 15.0. The largest absolute Gasteiger partial charge is 0.351 e. The maximum absolute atomic E-state index is 15.0. The van der Waals surface area contributed by atoms with E-state index in [2.05, 4.69) is 10.3 Å². The molecule has 0 spiro atoms. The number of pyridine rings is 1. The normalized spacial score (nSPS) is 18.5. The molecule has 16 heteroatoms. The van der Waals surface area contributed by atoms with Crippen LogP contribution in [0.3, 0.4) is 0 Å². The van der Waals surface area contributed by atoms with Crippen LogP contribution < -0.4 is 20.3 Å². The molecule has 1 aliphatic carbocycles. The first-order chi connectivity index (χ1) is 21.2. The third-order valence-corrected chi connectivity index (χ3v) is 8.70. The predicted molar refractivity (Wildman–Crippen MR) is 155 cm³/mol. The topological polar surface area (TPSA) is 167 Å². The molecule has 1 saturated carbocycles. The van der Waals surface area contributed by atoms with Gasteiger partial charge in [0.15, 0.2) is 0 Å². The van der Waals surface area contributed by atoms with Gasteiger partial charge in [-0.2, -0.15) is 5.26 Å². The molecule has 1 aliphatic heterocycles. The highest BCUT2D eigenvalue weighted by molar-refractivity contribution is 7.89. The van der Waals surface area contributed by atoms with Crippen LogP contribution in [0.5, 0.6) is 0 Å². The Bertz CT molecular complexity index is 1850. The highest BCUT2D eigenvalue weighted by atomic mass is 35.5. The maximum Gasteiger partial charge on any atom is 0.252 e. The molecule has 3 aromatic rings. The van der Waals surface area contributed by atoms with Gasteiger partial charge in [-0.1, -0.05) is 29.8 Å². The van der Waals surface area contributed by atoms with Crippen molar-refractivity contribution < 1.29 is 36.0 Å². The summed E-state index contributed by atoms with van der Waals surface area (Å²) in [5.74, 6) is -6.68. The SMILES string of the molecule is N#Cc1ccnc(N2C(=O)CCC2C(=O)N(c2cc(F)cc(S(N)(=O)=O)c2)C(C(=O)NC2CC(F)(F)C2)c2ccccc2Cl)c1. The minimum absolute atomic E-state index is 0.00186. The number of hydrogen-bond donors (Lipinski definition) is 2. The smallest absolute Gasteiger partial charge is 0.252 e. The summed E-state index contributed by atoms with van der Waals surface area (Å²) in [7, 11) is -4.53. The minimum atomic E-state index is -4.53. The first kappa shape index (κ1) is 31.9. The van der Waals surface area contributed by atoms with Crippen molar-refractivity contribution in [3.8, 4) is 6.07 Å². The number of nitriles is 1. The molecule has 11 nitrogen and oxygen atoms in total. The lowest BCUT2D eigenvalue weighted by atomic mass is 9.87. The van der Waals surface area contributed by atoms with Gasteiger partial charge >= 0.3 is 0 Å². The standard InChI is InChI=1S/C29H24ClF3N6O5S/c30-22-4-2-1-3-21(22)26(27(41)37-18-13-29(32,33)14-18)38(19-10-17(31)11-20(12-19)45(35,43)44)28(42)23-5-6-25(40)39(23)24-9-16(15-34)7-8-36-24/h1-4,7-12,18,23,26H,5-6,13-14H2,(H,37,41)(H2,35,43,44). The Hall–Kier alpha value is -4.52. The number of nitrogens with one attached hydrogen (secondary N) is 1. The Kier molecular flexibility index (Phi) is 8.58. The van der Waals surface area contributed by atoms with Gasteiger partial charge in [0.2, 0.25) is 21.8 Å². The summed E-state index contributed by atoms with van der Waals surface area (Å²) in [5.41, 5.74) is -0.310. The van der Waals surface area contributed by atoms with Gasteiger partial charge in [-0.3, -0.25) is 24.2 Å². The number of sulfonamides is 1. The van der Waals surface area contributed by atoms with Crippen molar-refractivity contribution in [1.82, 2.24) is 10.3 Å². The zero-order chi connectivity index (χ0) is 32.7. The number of benzene rings is 2. The molecule has 1 saturated heterocycles. The number of nitrogens with zero attached hydrogens (tertiary/aromatic N) is 4. The number of amides is 3. The summed E-state index contributed by atoms with van der Waals surface area (Å²) in [6.45, 7) is 0. The van der Waals surface area contributed by atoms with Crippen LogP contribution in [0.1, 0.15) is 42.9 Å². The van der Waals surface area contributed by atoms with E-state index >= 15 is 0 Å². The number of aromatic nitrogens is 1. The zero-order valence-corrected chi connectivity index (χ0v) is 24.7. The predicted octanol–water partition coefficient (Wildman–Crippen LogP) is 3.58. The minimum Gasteiger partial charge on any atom is -0.351 e. The number of nitrogens with two attached hydrogens (primary N) is 1.